The van der Waals surface area contributed by atoms with E-state index in [-0.39, 0.29) is 23.7 Å². The van der Waals surface area contributed by atoms with E-state index in [9.17, 15) is 9.59 Å². The molecule has 1 aromatic rings. The Balaban J connectivity index is 1.90. The highest BCUT2D eigenvalue weighted by Crippen LogP contribution is 2.41. The average molecular weight is 360 g/mol. The molecule has 144 valence electrons. The van der Waals surface area contributed by atoms with Crippen LogP contribution in [0.1, 0.15) is 47.0 Å². The maximum Gasteiger partial charge on any atom is 0.228 e. The molecule has 0 aliphatic heterocycles. The number of benzene rings is 1. The summed E-state index contributed by atoms with van der Waals surface area (Å²) in [6, 6.07) is 7.93. The van der Waals surface area contributed by atoms with Gasteiger partial charge in [0.1, 0.15) is 0 Å². The van der Waals surface area contributed by atoms with Crippen LogP contribution in [-0.4, -0.2) is 42.9 Å². The summed E-state index contributed by atoms with van der Waals surface area (Å²) >= 11 is 0. The summed E-state index contributed by atoms with van der Waals surface area (Å²) in [6.07, 6.45) is 2.58. The Morgan fingerprint density at radius 2 is 1.54 bits per heavy atom. The second-order valence-electron chi connectivity index (χ2n) is 6.98. The van der Waals surface area contributed by atoms with Crippen LogP contribution in [0.25, 0.3) is 0 Å². The first-order valence-corrected chi connectivity index (χ1v) is 10.00. The lowest BCUT2D eigenvalue weighted by molar-refractivity contribution is -0.134. The van der Waals surface area contributed by atoms with Gasteiger partial charge in [-0.2, -0.15) is 0 Å². The molecule has 5 heteroatoms. The molecule has 1 fully saturated rings. The smallest absolute Gasteiger partial charge is 0.228 e. The minimum atomic E-state index is -0.179. The largest absolute Gasteiger partial charge is 0.372 e. The summed E-state index contributed by atoms with van der Waals surface area (Å²) in [5.41, 5.74) is 1.95. The standard InChI is InChI=1S/C21H33N3O2/c1-5-13-24(14-6-2)21(26)19-15-18(19)20(25)22-16-9-11-17(12-10-16)23(7-3)8-4/h9-12,18-19H,5-8,13-15H2,1-4H3,(H,22,25). The summed E-state index contributed by atoms with van der Waals surface area (Å²) in [4.78, 5) is 29.2. The fourth-order valence-electron chi connectivity index (χ4n) is 3.44. The van der Waals surface area contributed by atoms with Crippen LogP contribution in [0.3, 0.4) is 0 Å². The van der Waals surface area contributed by atoms with Gasteiger partial charge in [0.2, 0.25) is 11.8 Å². The van der Waals surface area contributed by atoms with E-state index in [0.29, 0.717) is 6.42 Å². The van der Waals surface area contributed by atoms with Crippen molar-refractivity contribution in [3.05, 3.63) is 24.3 Å². The molecule has 0 aromatic heterocycles. The van der Waals surface area contributed by atoms with Crippen molar-refractivity contribution in [2.24, 2.45) is 11.8 Å². The van der Waals surface area contributed by atoms with Gasteiger partial charge in [-0.05, 0) is 57.4 Å². The molecule has 0 heterocycles. The second-order valence-corrected chi connectivity index (χ2v) is 6.98. The Morgan fingerprint density at radius 1 is 0.962 bits per heavy atom. The van der Waals surface area contributed by atoms with Gasteiger partial charge >= 0.3 is 0 Å². The van der Waals surface area contributed by atoms with Crippen LogP contribution in [0, 0.1) is 11.8 Å². The third-order valence-electron chi connectivity index (χ3n) is 5.01. The first kappa shape index (κ1) is 20.3. The third-order valence-corrected chi connectivity index (χ3v) is 5.01. The Morgan fingerprint density at radius 3 is 2.04 bits per heavy atom. The van der Waals surface area contributed by atoms with E-state index in [1.54, 1.807) is 0 Å². The molecule has 1 aliphatic rings. The van der Waals surface area contributed by atoms with Gasteiger partial charge in [-0.3, -0.25) is 9.59 Å². The summed E-state index contributed by atoms with van der Waals surface area (Å²) in [7, 11) is 0. The first-order chi connectivity index (χ1) is 12.5. The highest BCUT2D eigenvalue weighted by molar-refractivity contribution is 5.99. The van der Waals surface area contributed by atoms with Gasteiger partial charge in [-0.25, -0.2) is 0 Å². The topological polar surface area (TPSA) is 52.7 Å². The van der Waals surface area contributed by atoms with Crippen molar-refractivity contribution in [3.8, 4) is 0 Å². The van der Waals surface area contributed by atoms with Crippen molar-refractivity contribution < 1.29 is 9.59 Å². The van der Waals surface area contributed by atoms with E-state index in [2.05, 4.69) is 37.9 Å². The molecule has 2 rings (SSSR count). The molecule has 2 amide bonds. The first-order valence-electron chi connectivity index (χ1n) is 10.00. The second kappa shape index (κ2) is 9.60. The van der Waals surface area contributed by atoms with Crippen LogP contribution in [0.2, 0.25) is 0 Å². The molecule has 0 bridgehead atoms. The normalized spacial score (nSPS) is 18.3. The summed E-state index contributed by atoms with van der Waals surface area (Å²) in [5.74, 6) is -0.207. The maximum atomic E-state index is 12.6. The number of hydrogen-bond donors (Lipinski definition) is 1. The molecule has 2 unspecified atom stereocenters. The van der Waals surface area contributed by atoms with Crippen LogP contribution in [0.4, 0.5) is 11.4 Å². The van der Waals surface area contributed by atoms with Crippen LogP contribution >= 0.6 is 0 Å². The fourth-order valence-corrected chi connectivity index (χ4v) is 3.44. The molecule has 1 aromatic carbocycles. The Kier molecular flexibility index (Phi) is 7.49. The van der Waals surface area contributed by atoms with E-state index in [4.69, 9.17) is 0 Å². The van der Waals surface area contributed by atoms with Crippen LogP contribution in [0.5, 0.6) is 0 Å². The number of hydrogen-bond acceptors (Lipinski definition) is 3. The number of anilines is 2. The number of carbonyl (C=O) groups is 2. The van der Waals surface area contributed by atoms with Crippen LogP contribution < -0.4 is 10.2 Å². The number of carbonyl (C=O) groups excluding carboxylic acids is 2. The lowest BCUT2D eigenvalue weighted by Crippen LogP contribution is -2.34. The SMILES string of the molecule is CCCN(CCC)C(=O)C1CC1C(=O)Nc1ccc(N(CC)CC)cc1. The van der Waals surface area contributed by atoms with Crippen LogP contribution in [-0.2, 0) is 9.59 Å². The zero-order valence-corrected chi connectivity index (χ0v) is 16.6. The number of rotatable bonds is 10. The van der Waals surface area contributed by atoms with Gasteiger partial charge < -0.3 is 15.1 Å². The van der Waals surface area contributed by atoms with Gasteiger partial charge in [0.25, 0.3) is 0 Å². The molecule has 0 radical (unpaired) electrons. The van der Waals surface area contributed by atoms with E-state index in [1.165, 1.54) is 0 Å². The molecule has 1 N–H and O–H groups in total. The highest BCUT2D eigenvalue weighted by Gasteiger charge is 2.49. The van der Waals surface area contributed by atoms with Crippen molar-refractivity contribution in [2.45, 2.75) is 47.0 Å². The van der Waals surface area contributed by atoms with Crippen molar-refractivity contribution in [3.63, 3.8) is 0 Å². The number of nitrogens with zero attached hydrogens (tertiary/aromatic N) is 2. The molecule has 2 atom stereocenters. The highest BCUT2D eigenvalue weighted by atomic mass is 16.2. The van der Waals surface area contributed by atoms with Gasteiger partial charge in [0.05, 0.1) is 11.8 Å². The minimum absolute atomic E-state index is 0.0353. The maximum absolute atomic E-state index is 12.6. The molecular weight excluding hydrogens is 326 g/mol. The van der Waals surface area contributed by atoms with Gasteiger partial charge in [0.15, 0.2) is 0 Å². The Labute approximate surface area is 157 Å². The van der Waals surface area contributed by atoms with E-state index >= 15 is 0 Å². The summed E-state index contributed by atoms with van der Waals surface area (Å²) in [5, 5.41) is 2.97. The molecule has 26 heavy (non-hydrogen) atoms. The Bertz CT molecular complexity index is 590. The predicted octanol–water partition coefficient (Wildman–Crippen LogP) is 3.76. The average Bonchev–Trinajstić information content (AvgIpc) is 3.44. The van der Waals surface area contributed by atoms with Crippen molar-refractivity contribution in [2.75, 3.05) is 36.4 Å². The predicted molar refractivity (Wildman–Crippen MR) is 107 cm³/mol. The zero-order chi connectivity index (χ0) is 19.1. The quantitative estimate of drug-likeness (QED) is 0.692. The molecule has 0 saturated heterocycles. The van der Waals surface area contributed by atoms with Gasteiger partial charge in [0, 0.05) is 37.6 Å². The summed E-state index contributed by atoms with van der Waals surface area (Å²) in [6.45, 7) is 11.9. The lowest BCUT2D eigenvalue weighted by Gasteiger charge is -2.21. The molecule has 0 spiro atoms. The van der Waals surface area contributed by atoms with E-state index in [0.717, 1.165) is 50.4 Å². The monoisotopic (exact) mass is 359 g/mol. The molecule has 1 aliphatic carbocycles. The third kappa shape index (κ3) is 4.99. The van der Waals surface area contributed by atoms with E-state index < -0.39 is 0 Å². The van der Waals surface area contributed by atoms with Gasteiger partial charge in [-0.15, -0.1) is 0 Å². The van der Waals surface area contributed by atoms with Crippen molar-refractivity contribution in [1.29, 1.82) is 0 Å². The number of nitrogens with one attached hydrogen (secondary N) is 1. The van der Waals surface area contributed by atoms with Crippen molar-refractivity contribution >= 4 is 23.2 Å². The summed E-state index contributed by atoms with van der Waals surface area (Å²) < 4.78 is 0. The minimum Gasteiger partial charge on any atom is -0.372 e. The van der Waals surface area contributed by atoms with Gasteiger partial charge in [-0.1, -0.05) is 13.8 Å². The lowest BCUT2D eigenvalue weighted by atomic mass is 10.2. The van der Waals surface area contributed by atoms with E-state index in [1.807, 2.05) is 29.2 Å². The molecular formula is C21H33N3O2. The van der Waals surface area contributed by atoms with Crippen LogP contribution in [0.15, 0.2) is 24.3 Å². The number of amides is 2. The Hall–Kier alpha value is -2.04. The zero-order valence-electron chi connectivity index (χ0n) is 16.6. The fraction of sp³-hybridized carbons (Fsp3) is 0.619. The molecule has 1 saturated carbocycles. The van der Waals surface area contributed by atoms with Crippen molar-refractivity contribution in [1.82, 2.24) is 4.90 Å². The molecule has 5 nitrogen and oxygen atoms in total.